The first kappa shape index (κ1) is 19.1. The third kappa shape index (κ3) is 8.27. The molecule has 0 saturated heterocycles. The Morgan fingerprint density at radius 2 is 1.70 bits per heavy atom. The van der Waals surface area contributed by atoms with E-state index in [0.717, 1.165) is 18.8 Å². The SMILES string of the molecule is C=C=C(CC(CCC)CCC)NC(CC(C)C)C(=C)C. The highest BCUT2D eigenvalue weighted by molar-refractivity contribution is 5.09. The van der Waals surface area contributed by atoms with E-state index in [-0.39, 0.29) is 0 Å². The molecule has 0 radical (unpaired) electrons. The van der Waals surface area contributed by atoms with Crippen molar-refractivity contribution in [1.29, 1.82) is 0 Å². The standard InChI is InChI=1S/C19H35N/c1-8-11-17(12-9-2)14-18(10-3)20-19(16(6)7)13-15(4)5/h15,17,19-20H,3,6,8-9,11-14H2,1-2,4-5,7H3. The van der Waals surface area contributed by atoms with Crippen LogP contribution in [0.25, 0.3) is 0 Å². The van der Waals surface area contributed by atoms with Crippen LogP contribution in [0.15, 0.2) is 30.2 Å². The summed E-state index contributed by atoms with van der Waals surface area (Å²) < 4.78 is 0. The Hall–Kier alpha value is -0.940. The lowest BCUT2D eigenvalue weighted by atomic mass is 9.92. The minimum Gasteiger partial charge on any atom is -0.376 e. The fraction of sp³-hybridized carbons (Fsp3) is 0.737. The second kappa shape index (κ2) is 10.8. The van der Waals surface area contributed by atoms with E-state index < -0.39 is 0 Å². The van der Waals surface area contributed by atoms with Gasteiger partial charge in [-0.2, -0.15) is 0 Å². The van der Waals surface area contributed by atoms with Crippen LogP contribution in [0.5, 0.6) is 0 Å². The Morgan fingerprint density at radius 3 is 2.05 bits per heavy atom. The highest BCUT2D eigenvalue weighted by Gasteiger charge is 2.15. The van der Waals surface area contributed by atoms with E-state index in [2.05, 4.69) is 58.8 Å². The van der Waals surface area contributed by atoms with Crippen LogP contribution < -0.4 is 5.32 Å². The van der Waals surface area contributed by atoms with Crippen LogP contribution in [-0.4, -0.2) is 6.04 Å². The van der Waals surface area contributed by atoms with Gasteiger partial charge in [-0.05, 0) is 31.6 Å². The molecule has 0 aromatic carbocycles. The van der Waals surface area contributed by atoms with Crippen LogP contribution in [0.1, 0.15) is 73.1 Å². The third-order valence-electron chi connectivity index (χ3n) is 3.75. The van der Waals surface area contributed by atoms with Crippen molar-refractivity contribution in [2.24, 2.45) is 11.8 Å². The molecule has 0 amide bonds. The van der Waals surface area contributed by atoms with Crippen molar-refractivity contribution in [3.63, 3.8) is 0 Å². The molecule has 116 valence electrons. The molecule has 1 atom stereocenters. The maximum Gasteiger partial charge on any atom is 0.0539 e. The van der Waals surface area contributed by atoms with E-state index in [1.54, 1.807) is 0 Å². The molecule has 0 aromatic rings. The van der Waals surface area contributed by atoms with Crippen LogP contribution in [-0.2, 0) is 0 Å². The van der Waals surface area contributed by atoms with Crippen molar-refractivity contribution < 1.29 is 0 Å². The fourth-order valence-electron chi connectivity index (χ4n) is 2.70. The molecule has 1 nitrogen and oxygen atoms in total. The Balaban J connectivity index is 4.65. The lowest BCUT2D eigenvalue weighted by molar-refractivity contribution is 0.412. The molecule has 0 fully saturated rings. The normalized spacial score (nSPS) is 12.3. The number of rotatable bonds is 11. The first-order valence-corrected chi connectivity index (χ1v) is 8.25. The van der Waals surface area contributed by atoms with Gasteiger partial charge in [0.15, 0.2) is 0 Å². The monoisotopic (exact) mass is 277 g/mol. The second-order valence-corrected chi connectivity index (χ2v) is 6.48. The topological polar surface area (TPSA) is 12.0 Å². The largest absolute Gasteiger partial charge is 0.376 e. The molecule has 0 bridgehead atoms. The fourth-order valence-corrected chi connectivity index (χ4v) is 2.70. The maximum absolute atomic E-state index is 4.12. The minimum atomic E-state index is 0.350. The van der Waals surface area contributed by atoms with Gasteiger partial charge in [-0.15, -0.1) is 5.73 Å². The van der Waals surface area contributed by atoms with Gasteiger partial charge in [0.25, 0.3) is 0 Å². The summed E-state index contributed by atoms with van der Waals surface area (Å²) in [6, 6.07) is 0.350. The summed E-state index contributed by atoms with van der Waals surface area (Å²) in [6.45, 7) is 19.1. The summed E-state index contributed by atoms with van der Waals surface area (Å²) in [7, 11) is 0. The minimum absolute atomic E-state index is 0.350. The van der Waals surface area contributed by atoms with E-state index in [1.165, 1.54) is 37.0 Å². The van der Waals surface area contributed by atoms with E-state index in [0.29, 0.717) is 12.0 Å². The summed E-state index contributed by atoms with van der Waals surface area (Å²) >= 11 is 0. The van der Waals surface area contributed by atoms with Crippen molar-refractivity contribution in [2.75, 3.05) is 0 Å². The van der Waals surface area contributed by atoms with Crippen LogP contribution in [0, 0.1) is 11.8 Å². The zero-order valence-corrected chi connectivity index (χ0v) is 14.4. The quantitative estimate of drug-likeness (QED) is 0.369. The van der Waals surface area contributed by atoms with Crippen LogP contribution in [0.4, 0.5) is 0 Å². The molecule has 0 aromatic heterocycles. The van der Waals surface area contributed by atoms with Gasteiger partial charge >= 0.3 is 0 Å². The van der Waals surface area contributed by atoms with Gasteiger partial charge in [-0.1, -0.05) is 72.1 Å². The number of hydrogen-bond acceptors (Lipinski definition) is 1. The molecule has 0 saturated carbocycles. The van der Waals surface area contributed by atoms with Gasteiger partial charge in [-0.25, -0.2) is 0 Å². The Labute approximate surface area is 127 Å². The lowest BCUT2D eigenvalue weighted by Gasteiger charge is -2.25. The zero-order chi connectivity index (χ0) is 15.5. The molecule has 1 heteroatoms. The highest BCUT2D eigenvalue weighted by atomic mass is 14.9. The van der Waals surface area contributed by atoms with Gasteiger partial charge in [0.05, 0.1) is 5.70 Å². The first-order valence-electron chi connectivity index (χ1n) is 8.25. The zero-order valence-electron chi connectivity index (χ0n) is 14.4. The van der Waals surface area contributed by atoms with Crippen molar-refractivity contribution in [2.45, 2.75) is 79.2 Å². The Morgan fingerprint density at radius 1 is 1.15 bits per heavy atom. The highest BCUT2D eigenvalue weighted by Crippen LogP contribution is 2.22. The van der Waals surface area contributed by atoms with Gasteiger partial charge < -0.3 is 5.32 Å². The predicted octanol–water partition coefficient (Wildman–Crippen LogP) is 5.84. The van der Waals surface area contributed by atoms with Crippen molar-refractivity contribution in [3.8, 4) is 0 Å². The van der Waals surface area contributed by atoms with Gasteiger partial charge in [0, 0.05) is 6.04 Å². The van der Waals surface area contributed by atoms with Crippen LogP contribution in [0.2, 0.25) is 0 Å². The van der Waals surface area contributed by atoms with Gasteiger partial charge in [-0.3, -0.25) is 0 Å². The molecule has 0 aliphatic heterocycles. The van der Waals surface area contributed by atoms with Crippen molar-refractivity contribution in [1.82, 2.24) is 5.32 Å². The molecule has 0 aliphatic carbocycles. The summed E-state index contributed by atoms with van der Waals surface area (Å²) in [5, 5.41) is 3.63. The summed E-state index contributed by atoms with van der Waals surface area (Å²) in [6.07, 6.45) is 7.29. The first-order chi connectivity index (χ1) is 9.44. The lowest BCUT2D eigenvalue weighted by Crippen LogP contribution is -2.31. The van der Waals surface area contributed by atoms with E-state index in [1.807, 2.05) is 0 Å². The van der Waals surface area contributed by atoms with Crippen LogP contribution in [0.3, 0.4) is 0 Å². The van der Waals surface area contributed by atoms with Gasteiger partial charge in [0.2, 0.25) is 0 Å². The summed E-state index contributed by atoms with van der Waals surface area (Å²) in [5.74, 6) is 1.42. The Kier molecular flexibility index (Phi) is 10.3. The molecule has 0 spiro atoms. The number of nitrogens with one attached hydrogen (secondary N) is 1. The average Bonchev–Trinajstić information content (AvgIpc) is 2.36. The molecule has 20 heavy (non-hydrogen) atoms. The van der Waals surface area contributed by atoms with Gasteiger partial charge in [0.1, 0.15) is 0 Å². The van der Waals surface area contributed by atoms with E-state index in [9.17, 15) is 0 Å². The summed E-state index contributed by atoms with van der Waals surface area (Å²) in [4.78, 5) is 0. The maximum atomic E-state index is 4.12. The third-order valence-corrected chi connectivity index (χ3v) is 3.75. The van der Waals surface area contributed by atoms with E-state index in [4.69, 9.17) is 0 Å². The Bertz CT molecular complexity index is 315. The predicted molar refractivity (Wildman–Crippen MR) is 91.8 cm³/mol. The number of allylic oxidation sites excluding steroid dienone is 1. The molecular formula is C19H35N. The van der Waals surface area contributed by atoms with E-state index >= 15 is 0 Å². The molecule has 1 unspecified atom stereocenters. The van der Waals surface area contributed by atoms with Crippen LogP contribution >= 0.6 is 0 Å². The smallest absolute Gasteiger partial charge is 0.0539 e. The van der Waals surface area contributed by atoms with Crippen molar-refractivity contribution in [3.05, 3.63) is 30.2 Å². The second-order valence-electron chi connectivity index (χ2n) is 6.48. The summed E-state index contributed by atoms with van der Waals surface area (Å²) in [5.41, 5.74) is 5.50. The molecular weight excluding hydrogens is 242 g/mol. The molecule has 0 heterocycles. The molecule has 0 aliphatic rings. The average molecular weight is 277 g/mol. The van der Waals surface area contributed by atoms with Crippen molar-refractivity contribution >= 4 is 0 Å². The molecule has 1 N–H and O–H groups in total. The molecule has 0 rings (SSSR count). The number of hydrogen-bond donors (Lipinski definition) is 1.